The molecule has 0 amide bonds. The summed E-state index contributed by atoms with van der Waals surface area (Å²) < 4.78 is 5.66. The maximum absolute atomic E-state index is 8.97. The van der Waals surface area contributed by atoms with E-state index in [0.717, 1.165) is 36.7 Å². The van der Waals surface area contributed by atoms with Crippen molar-refractivity contribution in [3.05, 3.63) is 54.1 Å². The Labute approximate surface area is 138 Å². The molecule has 2 rings (SSSR count). The average Bonchev–Trinajstić information content (AvgIpc) is 2.59. The lowest BCUT2D eigenvalue weighted by Crippen LogP contribution is -2.20. The van der Waals surface area contributed by atoms with Gasteiger partial charge >= 0.3 is 0 Å². The average molecular weight is 314 g/mol. The molecule has 0 aliphatic carbocycles. The number of aliphatic hydroxyl groups excluding tert-OH is 1. The molecule has 0 saturated heterocycles. The number of nitrogens with zero attached hydrogens (tertiary/aromatic N) is 1. The number of rotatable bonds is 9. The molecule has 0 aromatic heterocycles. The highest BCUT2D eigenvalue weighted by atomic mass is 16.5. The quantitative estimate of drug-likeness (QED) is 0.743. The molecule has 2 aromatic carbocycles. The van der Waals surface area contributed by atoms with Crippen LogP contribution in [0.5, 0.6) is 5.75 Å². The van der Waals surface area contributed by atoms with Crippen molar-refractivity contribution in [3.8, 4) is 5.75 Å². The topological polar surface area (TPSA) is 44.7 Å². The number of aliphatic hydroxyl groups is 1. The first-order valence-corrected chi connectivity index (χ1v) is 8.10. The van der Waals surface area contributed by atoms with Gasteiger partial charge in [0.1, 0.15) is 5.75 Å². The minimum absolute atomic E-state index is 0.160. The van der Waals surface area contributed by atoms with Crippen LogP contribution in [-0.2, 0) is 6.54 Å². The second-order valence-corrected chi connectivity index (χ2v) is 5.54. The van der Waals surface area contributed by atoms with Crippen molar-refractivity contribution in [3.63, 3.8) is 0 Å². The molecule has 0 aliphatic rings. The second-order valence-electron chi connectivity index (χ2n) is 5.54. The van der Waals surface area contributed by atoms with E-state index in [0.29, 0.717) is 6.54 Å². The van der Waals surface area contributed by atoms with Gasteiger partial charge in [-0.05, 0) is 48.4 Å². The fraction of sp³-hybridized carbons (Fsp3) is 0.368. The first kappa shape index (κ1) is 17.2. The maximum atomic E-state index is 8.97. The molecule has 0 heterocycles. The maximum Gasteiger partial charge on any atom is 0.119 e. The summed E-state index contributed by atoms with van der Waals surface area (Å²) in [5.41, 5.74) is 3.37. The van der Waals surface area contributed by atoms with E-state index in [1.165, 1.54) is 5.56 Å². The zero-order valence-corrected chi connectivity index (χ0v) is 14.0. The molecule has 23 heavy (non-hydrogen) atoms. The van der Waals surface area contributed by atoms with Gasteiger partial charge in [-0.15, -0.1) is 0 Å². The van der Waals surface area contributed by atoms with Crippen LogP contribution in [0.1, 0.15) is 18.9 Å². The van der Waals surface area contributed by atoms with Crippen molar-refractivity contribution in [2.75, 3.05) is 37.0 Å². The summed E-state index contributed by atoms with van der Waals surface area (Å²) in [6, 6.07) is 16.4. The predicted molar refractivity (Wildman–Crippen MR) is 96.4 cm³/mol. The van der Waals surface area contributed by atoms with Crippen LogP contribution >= 0.6 is 0 Å². The Morgan fingerprint density at radius 2 is 1.91 bits per heavy atom. The summed E-state index contributed by atoms with van der Waals surface area (Å²) in [6.45, 7) is 4.41. The summed E-state index contributed by atoms with van der Waals surface area (Å²) in [6.07, 6.45) is 1.01. The molecule has 0 aliphatic heterocycles. The number of ether oxygens (including phenoxy) is 1. The van der Waals surface area contributed by atoms with E-state index in [4.69, 9.17) is 9.84 Å². The third-order valence-corrected chi connectivity index (χ3v) is 3.61. The third-order valence-electron chi connectivity index (χ3n) is 3.61. The number of hydrogen-bond acceptors (Lipinski definition) is 4. The molecule has 4 nitrogen and oxygen atoms in total. The number of benzene rings is 2. The number of anilines is 2. The minimum Gasteiger partial charge on any atom is -0.494 e. The van der Waals surface area contributed by atoms with Crippen LogP contribution in [-0.4, -0.2) is 31.9 Å². The van der Waals surface area contributed by atoms with Crippen LogP contribution in [0.4, 0.5) is 11.4 Å². The number of hydrogen-bond donors (Lipinski definition) is 2. The lowest BCUT2D eigenvalue weighted by atomic mass is 10.2. The van der Waals surface area contributed by atoms with Gasteiger partial charge in [-0.1, -0.05) is 19.1 Å². The van der Waals surface area contributed by atoms with Crippen molar-refractivity contribution >= 4 is 11.4 Å². The van der Waals surface area contributed by atoms with Gasteiger partial charge in [0.15, 0.2) is 0 Å². The summed E-state index contributed by atoms with van der Waals surface area (Å²) >= 11 is 0. The summed E-state index contributed by atoms with van der Waals surface area (Å²) in [5, 5.41) is 12.4. The van der Waals surface area contributed by atoms with E-state index in [1.54, 1.807) is 0 Å². The lowest BCUT2D eigenvalue weighted by Gasteiger charge is -2.18. The summed E-state index contributed by atoms with van der Waals surface area (Å²) in [5.74, 6) is 0.923. The molecule has 124 valence electrons. The highest BCUT2D eigenvalue weighted by Gasteiger charge is 2.01. The zero-order valence-electron chi connectivity index (χ0n) is 14.0. The van der Waals surface area contributed by atoms with E-state index in [2.05, 4.69) is 48.6 Å². The Morgan fingerprint density at radius 3 is 2.61 bits per heavy atom. The molecule has 4 heteroatoms. The Hall–Kier alpha value is -2.20. The van der Waals surface area contributed by atoms with Gasteiger partial charge in [0.2, 0.25) is 0 Å². The highest BCUT2D eigenvalue weighted by molar-refractivity contribution is 5.55. The molecule has 0 radical (unpaired) electrons. The summed E-state index contributed by atoms with van der Waals surface area (Å²) in [4.78, 5) is 2.03. The summed E-state index contributed by atoms with van der Waals surface area (Å²) in [7, 11) is 1.97. The predicted octanol–water partition coefficient (Wildman–Crippen LogP) is 3.52. The van der Waals surface area contributed by atoms with E-state index in [9.17, 15) is 0 Å². The molecule has 0 bridgehead atoms. The van der Waals surface area contributed by atoms with Crippen molar-refractivity contribution in [1.82, 2.24) is 0 Å². The number of nitrogens with one attached hydrogen (secondary N) is 1. The molecule has 0 unspecified atom stereocenters. The van der Waals surface area contributed by atoms with E-state index in [-0.39, 0.29) is 6.61 Å². The van der Waals surface area contributed by atoms with Crippen LogP contribution in [0.15, 0.2) is 48.5 Å². The van der Waals surface area contributed by atoms with Crippen LogP contribution in [0.3, 0.4) is 0 Å². The second kappa shape index (κ2) is 9.06. The van der Waals surface area contributed by atoms with Gasteiger partial charge in [-0.2, -0.15) is 0 Å². The zero-order chi connectivity index (χ0) is 16.5. The van der Waals surface area contributed by atoms with Gasteiger partial charge in [0, 0.05) is 31.5 Å². The lowest BCUT2D eigenvalue weighted by molar-refractivity contribution is 0.304. The fourth-order valence-electron chi connectivity index (χ4n) is 2.28. The van der Waals surface area contributed by atoms with Crippen molar-refractivity contribution in [2.45, 2.75) is 19.9 Å². The Kier molecular flexibility index (Phi) is 6.76. The standard InChI is InChI=1S/C19H26N2O2/c1-3-13-23-19-6-4-5-16(14-19)15-20-17-7-9-18(10-8-17)21(2)11-12-22/h4-10,14,20,22H,3,11-13,15H2,1-2H3. The van der Waals surface area contributed by atoms with Crippen LogP contribution < -0.4 is 15.0 Å². The van der Waals surface area contributed by atoms with Crippen LogP contribution in [0.25, 0.3) is 0 Å². The fourth-order valence-corrected chi connectivity index (χ4v) is 2.28. The normalized spacial score (nSPS) is 10.4. The number of likely N-dealkylation sites (N-methyl/N-ethyl adjacent to an activating group) is 1. The van der Waals surface area contributed by atoms with Gasteiger partial charge < -0.3 is 20.1 Å². The monoisotopic (exact) mass is 314 g/mol. The van der Waals surface area contributed by atoms with Gasteiger partial charge in [-0.25, -0.2) is 0 Å². The first-order chi connectivity index (χ1) is 11.2. The smallest absolute Gasteiger partial charge is 0.119 e. The largest absolute Gasteiger partial charge is 0.494 e. The van der Waals surface area contributed by atoms with Crippen molar-refractivity contribution < 1.29 is 9.84 Å². The molecule has 2 N–H and O–H groups in total. The van der Waals surface area contributed by atoms with Crippen molar-refractivity contribution in [1.29, 1.82) is 0 Å². The minimum atomic E-state index is 0.160. The molecule has 0 fully saturated rings. The molecule has 0 atom stereocenters. The third kappa shape index (κ3) is 5.49. The van der Waals surface area contributed by atoms with E-state index in [1.807, 2.05) is 24.1 Å². The molecular formula is C19H26N2O2. The Balaban J connectivity index is 1.90. The Morgan fingerprint density at radius 1 is 1.13 bits per heavy atom. The van der Waals surface area contributed by atoms with Gasteiger partial charge in [0.25, 0.3) is 0 Å². The first-order valence-electron chi connectivity index (χ1n) is 8.10. The Bertz CT molecular complexity index is 584. The van der Waals surface area contributed by atoms with E-state index < -0.39 is 0 Å². The molecule has 0 spiro atoms. The van der Waals surface area contributed by atoms with Crippen molar-refractivity contribution in [2.24, 2.45) is 0 Å². The molecular weight excluding hydrogens is 288 g/mol. The SMILES string of the molecule is CCCOc1cccc(CNc2ccc(N(C)CCO)cc2)c1. The highest BCUT2D eigenvalue weighted by Crippen LogP contribution is 2.18. The van der Waals surface area contributed by atoms with E-state index >= 15 is 0 Å². The van der Waals surface area contributed by atoms with Crippen LogP contribution in [0, 0.1) is 0 Å². The van der Waals surface area contributed by atoms with Gasteiger partial charge in [-0.3, -0.25) is 0 Å². The van der Waals surface area contributed by atoms with Crippen LogP contribution in [0.2, 0.25) is 0 Å². The van der Waals surface area contributed by atoms with Gasteiger partial charge in [0.05, 0.1) is 13.2 Å². The molecule has 2 aromatic rings. The molecule has 0 saturated carbocycles.